The van der Waals surface area contributed by atoms with E-state index in [0.717, 1.165) is 24.8 Å². The van der Waals surface area contributed by atoms with Crippen LogP contribution >= 0.6 is 7.14 Å². The summed E-state index contributed by atoms with van der Waals surface area (Å²) in [7, 11) is -2.10. The van der Waals surface area contributed by atoms with E-state index in [1.54, 1.807) is 6.66 Å². The average Bonchev–Trinajstić information content (AvgIpc) is 2.16. The van der Waals surface area contributed by atoms with E-state index >= 15 is 0 Å². The van der Waals surface area contributed by atoms with Crippen molar-refractivity contribution < 1.29 is 9.67 Å². The smallest absolute Gasteiger partial charge is 0.109 e. The molecule has 3 heteroatoms. The highest BCUT2D eigenvalue weighted by Crippen LogP contribution is 2.59. The van der Waals surface area contributed by atoms with E-state index in [2.05, 4.69) is 0 Å². The molecule has 1 fully saturated rings. The monoisotopic (exact) mass is 172 g/mol. The fourth-order valence-electron chi connectivity index (χ4n) is 2.22. The Kier molecular flexibility index (Phi) is 1.37. The summed E-state index contributed by atoms with van der Waals surface area (Å²) in [6.45, 7) is 1.76. The van der Waals surface area contributed by atoms with Crippen LogP contribution in [0.15, 0.2) is 11.4 Å². The van der Waals surface area contributed by atoms with Gasteiger partial charge in [-0.15, -0.1) is 0 Å². The molecule has 0 saturated heterocycles. The second kappa shape index (κ2) is 1.99. The third kappa shape index (κ3) is 1.09. The summed E-state index contributed by atoms with van der Waals surface area (Å²) < 4.78 is 11.6. The lowest BCUT2D eigenvalue weighted by Crippen LogP contribution is -2.26. The summed E-state index contributed by atoms with van der Waals surface area (Å²) in [4.78, 5) is 0. The van der Waals surface area contributed by atoms with Crippen LogP contribution in [0.3, 0.4) is 0 Å². The number of fused-ring (bicyclic) bond motifs is 1. The molecule has 0 aromatic rings. The summed E-state index contributed by atoms with van der Waals surface area (Å²) in [5, 5.41) is 9.93. The number of hydrogen-bond donors (Lipinski definition) is 1. The lowest BCUT2D eigenvalue weighted by molar-refractivity contribution is 0.112. The molecule has 11 heavy (non-hydrogen) atoms. The molecule has 1 aliphatic heterocycles. The molecule has 0 amide bonds. The second-order valence-electron chi connectivity index (χ2n) is 3.87. The third-order valence-corrected chi connectivity index (χ3v) is 4.65. The fourth-order valence-corrected chi connectivity index (χ4v) is 4.74. The fraction of sp³-hybridized carbons (Fsp3) is 0.750. The molecule has 0 aromatic carbocycles. The van der Waals surface area contributed by atoms with Gasteiger partial charge in [-0.25, -0.2) is 0 Å². The molecule has 0 bridgehead atoms. The lowest BCUT2D eigenvalue weighted by atomic mass is 10.0. The maximum absolute atomic E-state index is 11.6. The molecule has 1 heterocycles. The van der Waals surface area contributed by atoms with Crippen molar-refractivity contribution in [1.29, 1.82) is 0 Å². The second-order valence-corrected chi connectivity index (χ2v) is 6.79. The van der Waals surface area contributed by atoms with E-state index < -0.39 is 12.7 Å². The van der Waals surface area contributed by atoms with Crippen LogP contribution < -0.4 is 0 Å². The Hall–Kier alpha value is -0.0700. The Balaban J connectivity index is 2.41. The molecule has 2 atom stereocenters. The molecule has 2 rings (SSSR count). The molecule has 2 unspecified atom stereocenters. The van der Waals surface area contributed by atoms with Crippen molar-refractivity contribution >= 4 is 7.14 Å². The van der Waals surface area contributed by atoms with Gasteiger partial charge in [0.25, 0.3) is 0 Å². The van der Waals surface area contributed by atoms with Gasteiger partial charge >= 0.3 is 0 Å². The molecule has 1 aliphatic carbocycles. The minimum absolute atomic E-state index is 0.495. The highest BCUT2D eigenvalue weighted by atomic mass is 31.2. The molecule has 0 spiro atoms. The molecule has 1 N–H and O–H groups in total. The van der Waals surface area contributed by atoms with Crippen molar-refractivity contribution in [2.24, 2.45) is 0 Å². The average molecular weight is 172 g/mol. The van der Waals surface area contributed by atoms with Crippen LogP contribution in [0, 0.1) is 0 Å². The first kappa shape index (κ1) is 7.57. The molecule has 2 nitrogen and oxygen atoms in total. The van der Waals surface area contributed by atoms with Gasteiger partial charge in [-0.05, 0) is 37.3 Å². The van der Waals surface area contributed by atoms with Crippen molar-refractivity contribution in [3.8, 4) is 0 Å². The van der Waals surface area contributed by atoms with Crippen LogP contribution in [0.25, 0.3) is 0 Å². The normalized spacial score (nSPS) is 49.1. The molecular formula is C8H13O2P. The molecule has 0 radical (unpaired) electrons. The van der Waals surface area contributed by atoms with Crippen molar-refractivity contribution in [3.05, 3.63) is 11.4 Å². The van der Waals surface area contributed by atoms with Crippen LogP contribution in [0.5, 0.6) is 0 Å². The Bertz CT molecular complexity index is 269. The van der Waals surface area contributed by atoms with Gasteiger partial charge in [-0.1, -0.05) is 0 Å². The minimum Gasteiger partial charge on any atom is -0.385 e. The van der Waals surface area contributed by atoms with Gasteiger partial charge in [-0.3, -0.25) is 0 Å². The Morgan fingerprint density at radius 2 is 2.45 bits per heavy atom. The van der Waals surface area contributed by atoms with Gasteiger partial charge in [0.05, 0.1) is 5.60 Å². The molecule has 62 valence electrons. The number of hydrogen-bond acceptors (Lipinski definition) is 2. The molecule has 2 aliphatic rings. The first-order valence-electron chi connectivity index (χ1n) is 4.03. The quantitative estimate of drug-likeness (QED) is 0.565. The Labute approximate surface area is 66.7 Å². The zero-order valence-corrected chi connectivity index (χ0v) is 7.60. The van der Waals surface area contributed by atoms with Gasteiger partial charge < -0.3 is 9.67 Å². The summed E-state index contributed by atoms with van der Waals surface area (Å²) in [5.41, 5.74) is 0.382. The van der Waals surface area contributed by atoms with Gasteiger partial charge in [0.1, 0.15) is 7.14 Å². The van der Waals surface area contributed by atoms with E-state index in [9.17, 15) is 9.67 Å². The zero-order chi connectivity index (χ0) is 8.11. The topological polar surface area (TPSA) is 37.3 Å². The first-order chi connectivity index (χ1) is 5.02. The van der Waals surface area contributed by atoms with Crippen LogP contribution in [-0.2, 0) is 4.57 Å². The van der Waals surface area contributed by atoms with Gasteiger partial charge in [-0.2, -0.15) is 0 Å². The van der Waals surface area contributed by atoms with E-state index in [1.165, 1.54) is 0 Å². The maximum Gasteiger partial charge on any atom is 0.109 e. The third-order valence-electron chi connectivity index (χ3n) is 2.64. The van der Waals surface area contributed by atoms with Crippen molar-refractivity contribution in [2.45, 2.75) is 24.9 Å². The van der Waals surface area contributed by atoms with E-state index in [1.807, 2.05) is 5.82 Å². The van der Waals surface area contributed by atoms with Crippen LogP contribution in [0.2, 0.25) is 0 Å². The van der Waals surface area contributed by atoms with Crippen molar-refractivity contribution in [3.63, 3.8) is 0 Å². The SMILES string of the molecule is CP1(=O)C=C2CCCC2(O)C1. The van der Waals surface area contributed by atoms with Gasteiger partial charge in [0.2, 0.25) is 0 Å². The lowest BCUT2D eigenvalue weighted by Gasteiger charge is -2.18. The summed E-state index contributed by atoms with van der Waals surface area (Å²) in [6, 6.07) is 0. The highest BCUT2D eigenvalue weighted by molar-refractivity contribution is 7.66. The number of rotatable bonds is 0. The van der Waals surface area contributed by atoms with E-state index in [0.29, 0.717) is 6.16 Å². The zero-order valence-electron chi connectivity index (χ0n) is 6.71. The number of aliphatic hydroxyl groups is 1. The van der Waals surface area contributed by atoms with E-state index in [4.69, 9.17) is 0 Å². The van der Waals surface area contributed by atoms with E-state index in [-0.39, 0.29) is 0 Å². The van der Waals surface area contributed by atoms with Crippen LogP contribution in [0.1, 0.15) is 19.3 Å². The Morgan fingerprint density at radius 3 is 3.09 bits per heavy atom. The summed E-state index contributed by atoms with van der Waals surface area (Å²) in [5.74, 6) is 1.83. The predicted molar refractivity (Wildman–Crippen MR) is 45.3 cm³/mol. The Morgan fingerprint density at radius 1 is 1.73 bits per heavy atom. The molecule has 1 saturated carbocycles. The van der Waals surface area contributed by atoms with Crippen molar-refractivity contribution in [1.82, 2.24) is 0 Å². The summed E-state index contributed by atoms with van der Waals surface area (Å²) >= 11 is 0. The van der Waals surface area contributed by atoms with Gasteiger partial charge in [0.15, 0.2) is 0 Å². The summed E-state index contributed by atoms with van der Waals surface area (Å²) in [6.07, 6.45) is 3.32. The van der Waals surface area contributed by atoms with Crippen molar-refractivity contribution in [2.75, 3.05) is 12.8 Å². The first-order valence-corrected chi connectivity index (χ1v) is 6.44. The predicted octanol–water partition coefficient (Wildman–Crippen LogP) is 1.79. The largest absolute Gasteiger partial charge is 0.385 e. The molecular weight excluding hydrogens is 159 g/mol. The van der Waals surface area contributed by atoms with Crippen LogP contribution in [0.4, 0.5) is 0 Å². The standard InChI is InChI=1S/C8H13O2P/c1-11(10)5-7-3-2-4-8(7,9)6-11/h5,9H,2-4,6H2,1H3. The minimum atomic E-state index is -2.10. The maximum atomic E-state index is 11.6. The van der Waals surface area contributed by atoms with Crippen LogP contribution in [-0.4, -0.2) is 23.5 Å². The van der Waals surface area contributed by atoms with Gasteiger partial charge in [0, 0.05) is 6.16 Å². The molecule has 0 aromatic heterocycles. The highest BCUT2D eigenvalue weighted by Gasteiger charge is 2.45.